The molecule has 0 N–H and O–H groups in total. The third-order valence-corrected chi connectivity index (χ3v) is 4.48. The molecule has 0 radical (unpaired) electrons. The third kappa shape index (κ3) is 2.98. The van der Waals surface area contributed by atoms with E-state index >= 15 is 0 Å². The number of carbonyl (C=O) groups is 2. The largest absolute Gasteiger partial charge is 0.343 e. The van der Waals surface area contributed by atoms with Gasteiger partial charge in [-0.1, -0.05) is 18.2 Å². The maximum atomic E-state index is 14.2. The Morgan fingerprint density at radius 1 is 1.32 bits per heavy atom. The van der Waals surface area contributed by atoms with Crippen LogP contribution in [-0.2, 0) is 9.59 Å². The Labute approximate surface area is 130 Å². The molecular formula is C17H23FN2O2. The Morgan fingerprint density at radius 2 is 1.95 bits per heavy atom. The molecular weight excluding hydrogens is 283 g/mol. The molecule has 120 valence electrons. The number of hydrogen-bond acceptors (Lipinski definition) is 2. The Morgan fingerprint density at radius 3 is 2.55 bits per heavy atom. The zero-order valence-corrected chi connectivity index (χ0v) is 13.4. The lowest BCUT2D eigenvalue weighted by Crippen LogP contribution is -2.47. The molecule has 0 unspecified atom stereocenters. The predicted molar refractivity (Wildman–Crippen MR) is 82.6 cm³/mol. The van der Waals surface area contributed by atoms with Gasteiger partial charge in [0.25, 0.3) is 0 Å². The van der Waals surface area contributed by atoms with Crippen LogP contribution in [0.1, 0.15) is 38.3 Å². The zero-order chi connectivity index (χ0) is 16.3. The highest BCUT2D eigenvalue weighted by atomic mass is 19.1. The molecule has 2 rings (SSSR count). The van der Waals surface area contributed by atoms with Crippen LogP contribution >= 0.6 is 0 Å². The van der Waals surface area contributed by atoms with Crippen LogP contribution in [0.15, 0.2) is 24.3 Å². The minimum absolute atomic E-state index is 0.00222. The van der Waals surface area contributed by atoms with Crippen LogP contribution < -0.4 is 0 Å². The lowest BCUT2D eigenvalue weighted by Gasteiger charge is -2.40. The van der Waals surface area contributed by atoms with Crippen LogP contribution in [0.5, 0.6) is 0 Å². The lowest BCUT2D eigenvalue weighted by molar-refractivity contribution is -0.146. The highest BCUT2D eigenvalue weighted by Crippen LogP contribution is 2.37. The van der Waals surface area contributed by atoms with E-state index in [9.17, 15) is 14.0 Å². The number of hydrogen-bond donors (Lipinski definition) is 0. The van der Waals surface area contributed by atoms with Crippen LogP contribution in [0, 0.1) is 11.7 Å². The summed E-state index contributed by atoms with van der Waals surface area (Å²) in [5.41, 5.74) is 0.420. The molecule has 22 heavy (non-hydrogen) atoms. The van der Waals surface area contributed by atoms with Crippen LogP contribution in [-0.4, -0.2) is 41.8 Å². The maximum absolute atomic E-state index is 14.2. The molecule has 0 aromatic heterocycles. The summed E-state index contributed by atoms with van der Waals surface area (Å²) in [7, 11) is 1.65. The number of nitrogens with zero attached hydrogens (tertiary/aromatic N) is 2. The molecule has 4 nitrogen and oxygen atoms in total. The molecule has 2 amide bonds. The monoisotopic (exact) mass is 306 g/mol. The van der Waals surface area contributed by atoms with E-state index in [0.29, 0.717) is 31.5 Å². The average molecular weight is 306 g/mol. The van der Waals surface area contributed by atoms with E-state index in [4.69, 9.17) is 0 Å². The summed E-state index contributed by atoms with van der Waals surface area (Å²) in [6.45, 7) is 5.09. The zero-order valence-electron chi connectivity index (χ0n) is 13.4. The number of benzene rings is 1. The number of halogens is 1. The van der Waals surface area contributed by atoms with E-state index in [1.54, 1.807) is 30.1 Å². The molecule has 1 aromatic rings. The van der Waals surface area contributed by atoms with Crippen molar-refractivity contribution in [1.29, 1.82) is 0 Å². The first-order chi connectivity index (χ1) is 10.5. The first-order valence-corrected chi connectivity index (χ1v) is 7.80. The Bertz CT molecular complexity index is 557. The molecule has 2 atom stereocenters. The molecule has 1 aliphatic heterocycles. The molecule has 1 heterocycles. The predicted octanol–water partition coefficient (Wildman–Crippen LogP) is 2.60. The van der Waals surface area contributed by atoms with E-state index < -0.39 is 6.04 Å². The molecule has 0 saturated carbocycles. The van der Waals surface area contributed by atoms with Gasteiger partial charge in [0.1, 0.15) is 5.82 Å². The molecule has 1 aliphatic rings. The van der Waals surface area contributed by atoms with E-state index in [1.807, 2.05) is 13.8 Å². The standard InChI is InChI=1S/C17H23FN2O2/c1-4-20(5-2)17(22)13-10-11-15(21)19(3)16(13)12-8-6-7-9-14(12)18/h6-9,13,16H,4-5,10-11H2,1-3H3/t13-,16+/m1/s1. The number of piperidine rings is 1. The fourth-order valence-electron chi connectivity index (χ4n) is 3.21. The second-order valence-corrected chi connectivity index (χ2v) is 5.63. The van der Waals surface area contributed by atoms with E-state index in [2.05, 4.69) is 0 Å². The fraction of sp³-hybridized carbons (Fsp3) is 0.529. The van der Waals surface area contributed by atoms with Crippen molar-refractivity contribution < 1.29 is 14.0 Å². The number of amides is 2. The van der Waals surface area contributed by atoms with Crippen molar-refractivity contribution >= 4 is 11.8 Å². The first kappa shape index (κ1) is 16.5. The smallest absolute Gasteiger partial charge is 0.228 e. The van der Waals surface area contributed by atoms with Gasteiger partial charge in [-0.25, -0.2) is 4.39 Å². The molecule has 5 heteroatoms. The third-order valence-electron chi connectivity index (χ3n) is 4.48. The highest BCUT2D eigenvalue weighted by Gasteiger charge is 2.41. The van der Waals surface area contributed by atoms with Crippen molar-refractivity contribution in [3.8, 4) is 0 Å². The van der Waals surface area contributed by atoms with Gasteiger partial charge in [-0.15, -0.1) is 0 Å². The van der Waals surface area contributed by atoms with E-state index in [-0.39, 0.29) is 23.5 Å². The van der Waals surface area contributed by atoms with Crippen LogP contribution in [0.4, 0.5) is 4.39 Å². The number of carbonyl (C=O) groups excluding carboxylic acids is 2. The summed E-state index contributed by atoms with van der Waals surface area (Å²) in [5.74, 6) is -0.805. The number of rotatable bonds is 4. The number of likely N-dealkylation sites (tertiary alicyclic amines) is 1. The second kappa shape index (κ2) is 6.90. The van der Waals surface area contributed by atoms with Crippen molar-refractivity contribution in [2.75, 3.05) is 20.1 Å². The minimum Gasteiger partial charge on any atom is -0.343 e. The molecule has 1 saturated heterocycles. The van der Waals surface area contributed by atoms with Gasteiger partial charge in [0, 0.05) is 32.1 Å². The van der Waals surface area contributed by atoms with Gasteiger partial charge in [-0.2, -0.15) is 0 Å². The topological polar surface area (TPSA) is 40.6 Å². The maximum Gasteiger partial charge on any atom is 0.228 e. The summed E-state index contributed by atoms with van der Waals surface area (Å²) in [6.07, 6.45) is 0.802. The van der Waals surface area contributed by atoms with Gasteiger partial charge in [0.2, 0.25) is 11.8 Å². The van der Waals surface area contributed by atoms with Gasteiger partial charge in [-0.05, 0) is 26.3 Å². The van der Waals surface area contributed by atoms with Crippen molar-refractivity contribution in [3.05, 3.63) is 35.6 Å². The molecule has 1 fully saturated rings. The molecule has 0 aliphatic carbocycles. The van der Waals surface area contributed by atoms with Crippen LogP contribution in [0.25, 0.3) is 0 Å². The summed E-state index contributed by atoms with van der Waals surface area (Å²) in [6, 6.07) is 5.86. The van der Waals surface area contributed by atoms with Gasteiger partial charge < -0.3 is 9.80 Å². The van der Waals surface area contributed by atoms with Gasteiger partial charge in [-0.3, -0.25) is 9.59 Å². The Kier molecular flexibility index (Phi) is 5.16. The average Bonchev–Trinajstić information content (AvgIpc) is 2.52. The quantitative estimate of drug-likeness (QED) is 0.858. The Hall–Kier alpha value is -1.91. The molecule has 0 spiro atoms. The highest BCUT2D eigenvalue weighted by molar-refractivity contribution is 5.85. The summed E-state index contributed by atoms with van der Waals surface area (Å²) in [5, 5.41) is 0. The summed E-state index contributed by atoms with van der Waals surface area (Å²) in [4.78, 5) is 28.1. The van der Waals surface area contributed by atoms with Crippen molar-refractivity contribution in [3.63, 3.8) is 0 Å². The van der Waals surface area contributed by atoms with Crippen molar-refractivity contribution in [2.45, 2.75) is 32.7 Å². The van der Waals surface area contributed by atoms with Gasteiger partial charge in [0.05, 0.1) is 12.0 Å². The normalized spacial score (nSPS) is 21.8. The minimum atomic E-state index is -0.532. The summed E-state index contributed by atoms with van der Waals surface area (Å²) < 4.78 is 14.2. The second-order valence-electron chi connectivity index (χ2n) is 5.63. The first-order valence-electron chi connectivity index (χ1n) is 7.80. The Balaban J connectivity index is 2.40. The van der Waals surface area contributed by atoms with Crippen molar-refractivity contribution in [2.24, 2.45) is 5.92 Å². The lowest BCUT2D eigenvalue weighted by atomic mass is 9.83. The van der Waals surface area contributed by atoms with Crippen molar-refractivity contribution in [1.82, 2.24) is 9.80 Å². The SMILES string of the molecule is CCN(CC)C(=O)[C@@H]1CCC(=O)N(C)[C@H]1c1ccccc1F. The fourth-order valence-corrected chi connectivity index (χ4v) is 3.21. The van der Waals surface area contributed by atoms with Gasteiger partial charge in [0.15, 0.2) is 0 Å². The molecule has 0 bridgehead atoms. The van der Waals surface area contributed by atoms with E-state index in [0.717, 1.165) is 0 Å². The molecule has 1 aromatic carbocycles. The van der Waals surface area contributed by atoms with Crippen LogP contribution in [0.2, 0.25) is 0 Å². The van der Waals surface area contributed by atoms with Crippen LogP contribution in [0.3, 0.4) is 0 Å². The van der Waals surface area contributed by atoms with E-state index in [1.165, 1.54) is 11.0 Å². The van der Waals surface area contributed by atoms with Gasteiger partial charge >= 0.3 is 0 Å². The summed E-state index contributed by atoms with van der Waals surface area (Å²) >= 11 is 0.